The Labute approximate surface area is 96.6 Å². The SMILES string of the molecule is Brc1cccc2nc(CC3CNC3)cn12. The molecule has 1 fully saturated rings. The fraction of sp³-hybridized carbons (Fsp3) is 0.364. The largest absolute Gasteiger partial charge is 0.316 e. The lowest BCUT2D eigenvalue weighted by Crippen LogP contribution is -2.43. The van der Waals surface area contributed by atoms with Gasteiger partial charge in [-0.2, -0.15) is 0 Å². The van der Waals surface area contributed by atoms with Crippen LogP contribution in [0.2, 0.25) is 0 Å². The van der Waals surface area contributed by atoms with Gasteiger partial charge < -0.3 is 5.32 Å². The molecule has 4 heteroatoms. The molecule has 0 amide bonds. The van der Waals surface area contributed by atoms with Crippen LogP contribution in [0, 0.1) is 5.92 Å². The molecule has 15 heavy (non-hydrogen) atoms. The number of pyridine rings is 1. The zero-order valence-electron chi connectivity index (χ0n) is 8.28. The Kier molecular flexibility index (Phi) is 2.25. The Hall–Kier alpha value is -0.870. The van der Waals surface area contributed by atoms with Gasteiger partial charge in [0.05, 0.1) is 10.3 Å². The summed E-state index contributed by atoms with van der Waals surface area (Å²) in [6, 6.07) is 6.08. The molecular weight excluding hydrogens is 254 g/mol. The molecule has 0 aliphatic carbocycles. The molecule has 3 rings (SSSR count). The molecule has 1 saturated heterocycles. The van der Waals surface area contributed by atoms with Gasteiger partial charge in [0.15, 0.2) is 0 Å². The number of hydrogen-bond donors (Lipinski definition) is 1. The molecule has 1 N–H and O–H groups in total. The van der Waals surface area contributed by atoms with Crippen molar-refractivity contribution in [3.63, 3.8) is 0 Å². The molecule has 0 bridgehead atoms. The van der Waals surface area contributed by atoms with Crippen molar-refractivity contribution >= 4 is 21.6 Å². The highest BCUT2D eigenvalue weighted by molar-refractivity contribution is 9.10. The maximum absolute atomic E-state index is 4.60. The molecule has 1 aliphatic heterocycles. The number of aromatic nitrogens is 2. The second-order valence-corrected chi connectivity index (χ2v) is 4.85. The molecule has 0 saturated carbocycles. The first-order chi connectivity index (χ1) is 7.33. The van der Waals surface area contributed by atoms with Crippen LogP contribution in [-0.4, -0.2) is 22.5 Å². The van der Waals surface area contributed by atoms with E-state index in [-0.39, 0.29) is 0 Å². The highest BCUT2D eigenvalue weighted by atomic mass is 79.9. The third-order valence-corrected chi connectivity index (χ3v) is 3.50. The van der Waals surface area contributed by atoms with Crippen molar-refractivity contribution in [2.75, 3.05) is 13.1 Å². The van der Waals surface area contributed by atoms with Gasteiger partial charge in [0.2, 0.25) is 0 Å². The topological polar surface area (TPSA) is 29.3 Å². The summed E-state index contributed by atoms with van der Waals surface area (Å²) in [5.74, 6) is 0.772. The van der Waals surface area contributed by atoms with Crippen LogP contribution in [0.15, 0.2) is 29.0 Å². The van der Waals surface area contributed by atoms with Gasteiger partial charge in [-0.05, 0) is 53.5 Å². The monoisotopic (exact) mass is 265 g/mol. The number of nitrogens with zero attached hydrogens (tertiary/aromatic N) is 2. The molecule has 78 valence electrons. The summed E-state index contributed by atoms with van der Waals surface area (Å²) in [6.45, 7) is 2.27. The summed E-state index contributed by atoms with van der Waals surface area (Å²) >= 11 is 3.52. The zero-order chi connectivity index (χ0) is 10.3. The Bertz CT molecular complexity index is 488. The van der Waals surface area contributed by atoms with Crippen molar-refractivity contribution in [3.05, 3.63) is 34.7 Å². The molecule has 3 nitrogen and oxygen atoms in total. The molecule has 2 aromatic rings. The molecule has 0 radical (unpaired) electrons. The first-order valence-corrected chi connectivity index (χ1v) is 5.95. The number of rotatable bonds is 2. The van der Waals surface area contributed by atoms with Crippen molar-refractivity contribution in [1.29, 1.82) is 0 Å². The number of hydrogen-bond acceptors (Lipinski definition) is 2. The summed E-state index contributed by atoms with van der Waals surface area (Å²) in [5, 5.41) is 3.28. The van der Waals surface area contributed by atoms with E-state index in [1.165, 1.54) is 5.69 Å². The number of nitrogens with one attached hydrogen (secondary N) is 1. The highest BCUT2D eigenvalue weighted by Crippen LogP contribution is 2.17. The van der Waals surface area contributed by atoms with E-state index in [0.29, 0.717) is 0 Å². The number of imidazole rings is 1. The van der Waals surface area contributed by atoms with Gasteiger partial charge >= 0.3 is 0 Å². The fourth-order valence-electron chi connectivity index (χ4n) is 1.91. The molecular formula is C11H12BrN3. The van der Waals surface area contributed by atoms with Gasteiger partial charge in [0, 0.05) is 6.20 Å². The Morgan fingerprint density at radius 3 is 3.00 bits per heavy atom. The maximum Gasteiger partial charge on any atom is 0.137 e. The van der Waals surface area contributed by atoms with Gasteiger partial charge in [0.25, 0.3) is 0 Å². The van der Waals surface area contributed by atoms with Gasteiger partial charge in [0.1, 0.15) is 5.65 Å². The van der Waals surface area contributed by atoms with Crippen LogP contribution in [0.1, 0.15) is 5.69 Å². The molecule has 3 heterocycles. The van der Waals surface area contributed by atoms with E-state index in [4.69, 9.17) is 0 Å². The summed E-state index contributed by atoms with van der Waals surface area (Å²) in [4.78, 5) is 4.60. The second-order valence-electron chi connectivity index (χ2n) is 4.04. The Morgan fingerprint density at radius 2 is 2.33 bits per heavy atom. The second kappa shape index (κ2) is 3.61. The van der Waals surface area contributed by atoms with Gasteiger partial charge in [-0.15, -0.1) is 0 Å². The molecule has 0 atom stereocenters. The quantitative estimate of drug-likeness (QED) is 0.841. The lowest BCUT2D eigenvalue weighted by atomic mass is 9.98. The van der Waals surface area contributed by atoms with Crippen molar-refractivity contribution in [2.45, 2.75) is 6.42 Å². The van der Waals surface area contributed by atoms with Crippen LogP contribution >= 0.6 is 15.9 Å². The predicted molar refractivity (Wildman–Crippen MR) is 63.0 cm³/mol. The smallest absolute Gasteiger partial charge is 0.137 e. The van der Waals surface area contributed by atoms with Crippen LogP contribution in [0.5, 0.6) is 0 Å². The fourth-order valence-corrected chi connectivity index (χ4v) is 2.35. The molecule has 1 aliphatic rings. The lowest BCUT2D eigenvalue weighted by molar-refractivity contribution is 0.344. The maximum atomic E-state index is 4.60. The predicted octanol–water partition coefficient (Wildman–Crippen LogP) is 1.86. The average molecular weight is 266 g/mol. The summed E-state index contributed by atoms with van der Waals surface area (Å²) in [5.41, 5.74) is 2.21. The lowest BCUT2D eigenvalue weighted by Gasteiger charge is -2.25. The van der Waals surface area contributed by atoms with Crippen molar-refractivity contribution in [1.82, 2.24) is 14.7 Å². The Morgan fingerprint density at radius 1 is 1.47 bits per heavy atom. The van der Waals surface area contributed by atoms with Crippen LogP contribution in [0.3, 0.4) is 0 Å². The van der Waals surface area contributed by atoms with Crippen molar-refractivity contribution in [3.8, 4) is 0 Å². The van der Waals surface area contributed by atoms with E-state index in [1.807, 2.05) is 18.2 Å². The first kappa shape index (κ1) is 9.36. The standard InChI is InChI=1S/C11H12BrN3/c12-10-2-1-3-11-14-9(7-15(10)11)4-8-5-13-6-8/h1-3,7-8,13H,4-6H2. The van der Waals surface area contributed by atoms with E-state index in [9.17, 15) is 0 Å². The van der Waals surface area contributed by atoms with Crippen molar-refractivity contribution < 1.29 is 0 Å². The normalized spacial score (nSPS) is 16.9. The summed E-state index contributed by atoms with van der Waals surface area (Å²) in [6.07, 6.45) is 3.21. The van der Waals surface area contributed by atoms with E-state index < -0.39 is 0 Å². The molecule has 0 aromatic carbocycles. The Balaban J connectivity index is 1.95. The first-order valence-electron chi connectivity index (χ1n) is 5.16. The van der Waals surface area contributed by atoms with E-state index in [0.717, 1.165) is 35.7 Å². The van der Waals surface area contributed by atoms with E-state index in [1.54, 1.807) is 0 Å². The van der Waals surface area contributed by atoms with Crippen LogP contribution in [0.4, 0.5) is 0 Å². The number of halogens is 1. The minimum Gasteiger partial charge on any atom is -0.316 e. The minimum absolute atomic E-state index is 0.772. The third kappa shape index (κ3) is 1.68. The van der Waals surface area contributed by atoms with E-state index in [2.05, 4.69) is 36.8 Å². The highest BCUT2D eigenvalue weighted by Gasteiger charge is 2.18. The van der Waals surface area contributed by atoms with Crippen molar-refractivity contribution in [2.24, 2.45) is 5.92 Å². The third-order valence-electron chi connectivity index (χ3n) is 2.86. The molecule has 0 unspecified atom stereocenters. The summed E-state index contributed by atoms with van der Waals surface area (Å²) < 4.78 is 3.15. The van der Waals surface area contributed by atoms with Crippen LogP contribution < -0.4 is 5.32 Å². The number of fused-ring (bicyclic) bond motifs is 1. The summed E-state index contributed by atoms with van der Waals surface area (Å²) in [7, 11) is 0. The zero-order valence-corrected chi connectivity index (χ0v) is 9.87. The van der Waals surface area contributed by atoms with E-state index >= 15 is 0 Å². The molecule has 2 aromatic heterocycles. The van der Waals surface area contributed by atoms with Crippen LogP contribution in [-0.2, 0) is 6.42 Å². The van der Waals surface area contributed by atoms with Gasteiger partial charge in [-0.1, -0.05) is 6.07 Å². The van der Waals surface area contributed by atoms with Gasteiger partial charge in [-0.25, -0.2) is 4.98 Å². The molecule has 0 spiro atoms. The van der Waals surface area contributed by atoms with Gasteiger partial charge in [-0.3, -0.25) is 4.40 Å². The average Bonchev–Trinajstić information content (AvgIpc) is 2.56. The van der Waals surface area contributed by atoms with Crippen LogP contribution in [0.25, 0.3) is 5.65 Å². The minimum atomic E-state index is 0.772.